The van der Waals surface area contributed by atoms with Crippen molar-refractivity contribution >= 4 is 28.3 Å². The van der Waals surface area contributed by atoms with Gasteiger partial charge in [-0.15, -0.1) is 11.3 Å². The van der Waals surface area contributed by atoms with Crippen molar-refractivity contribution in [3.63, 3.8) is 0 Å². The molecule has 24 heavy (non-hydrogen) atoms. The number of anilines is 1. The maximum Gasteiger partial charge on any atom is 0.231 e. The third-order valence-electron chi connectivity index (χ3n) is 4.70. The number of hydrogen-bond donors (Lipinski definition) is 2. The average molecular weight is 351 g/mol. The minimum atomic E-state index is -0.310. The van der Waals surface area contributed by atoms with Crippen molar-refractivity contribution in [2.75, 3.05) is 37.6 Å². The number of carbonyl (C=O) groups excluding carboxylic acids is 2. The summed E-state index contributed by atoms with van der Waals surface area (Å²) < 4.78 is 0. The minimum Gasteiger partial charge on any atom is -0.369 e. The van der Waals surface area contributed by atoms with Crippen molar-refractivity contribution in [1.29, 1.82) is 0 Å². The van der Waals surface area contributed by atoms with Gasteiger partial charge in [0, 0.05) is 24.4 Å². The summed E-state index contributed by atoms with van der Waals surface area (Å²) in [6.07, 6.45) is 4.02. The molecule has 3 N–H and O–H groups in total. The van der Waals surface area contributed by atoms with E-state index < -0.39 is 0 Å². The second-order valence-corrected chi connectivity index (χ2v) is 7.39. The molecule has 132 valence electrons. The summed E-state index contributed by atoms with van der Waals surface area (Å²) in [7, 11) is 0. The van der Waals surface area contributed by atoms with Gasteiger partial charge in [0.1, 0.15) is 0 Å². The number of likely N-dealkylation sites (tertiary alicyclic amines) is 1. The predicted molar refractivity (Wildman–Crippen MR) is 93.8 cm³/mol. The topological polar surface area (TPSA) is 91.6 Å². The van der Waals surface area contributed by atoms with Crippen LogP contribution in [-0.4, -0.2) is 54.4 Å². The lowest BCUT2D eigenvalue weighted by molar-refractivity contribution is -0.126. The van der Waals surface area contributed by atoms with Crippen LogP contribution < -0.4 is 16.0 Å². The lowest BCUT2D eigenvalue weighted by Crippen LogP contribution is -2.43. The van der Waals surface area contributed by atoms with Crippen LogP contribution in [0.3, 0.4) is 0 Å². The van der Waals surface area contributed by atoms with Gasteiger partial charge < -0.3 is 16.0 Å². The maximum atomic E-state index is 12.3. The molecule has 2 aliphatic rings. The molecule has 0 atom stereocenters. The Morgan fingerprint density at radius 3 is 2.62 bits per heavy atom. The van der Waals surface area contributed by atoms with Gasteiger partial charge in [0.2, 0.25) is 11.8 Å². The third kappa shape index (κ3) is 4.45. The molecule has 0 radical (unpaired) electrons. The first-order valence-electron chi connectivity index (χ1n) is 8.59. The quantitative estimate of drug-likeness (QED) is 0.781. The van der Waals surface area contributed by atoms with Gasteiger partial charge in [-0.05, 0) is 38.8 Å². The molecule has 0 aliphatic carbocycles. The van der Waals surface area contributed by atoms with Gasteiger partial charge in [0.15, 0.2) is 5.13 Å². The number of nitrogens with two attached hydrogens (primary N) is 1. The molecule has 0 aromatic carbocycles. The smallest absolute Gasteiger partial charge is 0.231 e. The molecule has 1 aromatic rings. The van der Waals surface area contributed by atoms with Crippen LogP contribution in [0.2, 0.25) is 0 Å². The van der Waals surface area contributed by atoms with Crippen LogP contribution in [0.15, 0.2) is 5.38 Å². The fourth-order valence-electron chi connectivity index (χ4n) is 3.33. The highest BCUT2D eigenvalue weighted by Gasteiger charge is 2.25. The Labute approximate surface area is 146 Å². The van der Waals surface area contributed by atoms with Crippen LogP contribution in [0.4, 0.5) is 5.13 Å². The standard InChI is InChI=1S/C16H25N5O2S/c17-14(22)10-20-7-3-12(4-8-20)15(23)18-9-13-11-24-16(19-13)21-5-1-2-6-21/h11-12H,1-10H2,(H2,17,22)(H,18,23). The fraction of sp³-hybridized carbons (Fsp3) is 0.688. The number of primary amides is 1. The van der Waals surface area contributed by atoms with Gasteiger partial charge in [0.05, 0.1) is 18.8 Å². The van der Waals surface area contributed by atoms with Crippen LogP contribution in [0.5, 0.6) is 0 Å². The van der Waals surface area contributed by atoms with E-state index in [4.69, 9.17) is 5.73 Å². The van der Waals surface area contributed by atoms with E-state index in [1.807, 2.05) is 10.3 Å². The van der Waals surface area contributed by atoms with Crippen LogP contribution in [0, 0.1) is 5.92 Å². The van der Waals surface area contributed by atoms with E-state index in [1.165, 1.54) is 12.8 Å². The van der Waals surface area contributed by atoms with Crippen LogP contribution in [0.1, 0.15) is 31.4 Å². The van der Waals surface area contributed by atoms with Gasteiger partial charge in [0.25, 0.3) is 0 Å². The third-order valence-corrected chi connectivity index (χ3v) is 5.65. The first-order valence-corrected chi connectivity index (χ1v) is 9.47. The zero-order valence-electron chi connectivity index (χ0n) is 13.9. The largest absolute Gasteiger partial charge is 0.369 e. The molecule has 1 aromatic heterocycles. The number of nitrogens with zero attached hydrogens (tertiary/aromatic N) is 3. The zero-order chi connectivity index (χ0) is 16.9. The molecule has 0 saturated carbocycles. The van der Waals surface area contributed by atoms with E-state index >= 15 is 0 Å². The summed E-state index contributed by atoms with van der Waals surface area (Å²) in [4.78, 5) is 32.2. The molecule has 0 spiro atoms. The molecular formula is C16H25N5O2S. The second-order valence-electron chi connectivity index (χ2n) is 6.55. The number of carbonyl (C=O) groups is 2. The van der Waals surface area contributed by atoms with Crippen molar-refractivity contribution in [3.05, 3.63) is 11.1 Å². The van der Waals surface area contributed by atoms with Crippen LogP contribution in [-0.2, 0) is 16.1 Å². The van der Waals surface area contributed by atoms with Gasteiger partial charge in [-0.1, -0.05) is 0 Å². The van der Waals surface area contributed by atoms with Crippen molar-refractivity contribution in [2.24, 2.45) is 11.7 Å². The normalized spacial score (nSPS) is 19.6. The SMILES string of the molecule is NC(=O)CN1CCC(C(=O)NCc2csc(N3CCCC3)n2)CC1. The summed E-state index contributed by atoms with van der Waals surface area (Å²) in [5, 5.41) is 6.10. The van der Waals surface area contributed by atoms with E-state index in [0.717, 1.165) is 49.8 Å². The van der Waals surface area contributed by atoms with E-state index in [0.29, 0.717) is 6.54 Å². The number of nitrogens with one attached hydrogen (secondary N) is 1. The van der Waals surface area contributed by atoms with Gasteiger partial charge in [-0.25, -0.2) is 4.98 Å². The molecule has 2 saturated heterocycles. The molecule has 3 heterocycles. The summed E-state index contributed by atoms with van der Waals surface area (Å²) in [5.41, 5.74) is 6.14. The molecule has 0 bridgehead atoms. The number of amides is 2. The Morgan fingerprint density at radius 1 is 1.25 bits per heavy atom. The monoisotopic (exact) mass is 351 g/mol. The Kier molecular flexibility index (Phi) is 5.68. The molecule has 8 heteroatoms. The van der Waals surface area contributed by atoms with Gasteiger partial charge >= 0.3 is 0 Å². The van der Waals surface area contributed by atoms with Gasteiger partial charge in [-0.2, -0.15) is 0 Å². The molecule has 3 rings (SSSR count). The van der Waals surface area contributed by atoms with E-state index in [9.17, 15) is 9.59 Å². The summed E-state index contributed by atoms with van der Waals surface area (Å²) in [5.74, 6) is -0.203. The van der Waals surface area contributed by atoms with E-state index in [-0.39, 0.29) is 24.3 Å². The summed E-state index contributed by atoms with van der Waals surface area (Å²) in [6.45, 7) is 4.44. The zero-order valence-corrected chi connectivity index (χ0v) is 14.7. The van der Waals surface area contributed by atoms with Crippen molar-refractivity contribution in [2.45, 2.75) is 32.2 Å². The predicted octanol–water partition coefficient (Wildman–Crippen LogP) is 0.557. The minimum absolute atomic E-state index is 0.0193. The number of hydrogen-bond acceptors (Lipinski definition) is 6. The average Bonchev–Trinajstić information content (AvgIpc) is 3.24. The second kappa shape index (κ2) is 7.94. The summed E-state index contributed by atoms with van der Waals surface area (Å²) >= 11 is 1.65. The fourth-order valence-corrected chi connectivity index (χ4v) is 4.21. The maximum absolute atomic E-state index is 12.3. The number of aromatic nitrogens is 1. The van der Waals surface area contributed by atoms with Crippen molar-refractivity contribution in [1.82, 2.24) is 15.2 Å². The molecule has 2 amide bonds. The van der Waals surface area contributed by atoms with Crippen molar-refractivity contribution < 1.29 is 9.59 Å². The molecule has 0 unspecified atom stereocenters. The number of rotatable bonds is 6. The first kappa shape index (κ1) is 17.2. The van der Waals surface area contributed by atoms with E-state index in [2.05, 4.69) is 15.2 Å². The number of piperidine rings is 1. The van der Waals surface area contributed by atoms with Gasteiger partial charge in [-0.3, -0.25) is 14.5 Å². The highest BCUT2D eigenvalue weighted by Crippen LogP contribution is 2.24. The van der Waals surface area contributed by atoms with E-state index in [1.54, 1.807) is 11.3 Å². The van der Waals surface area contributed by atoms with Crippen molar-refractivity contribution in [3.8, 4) is 0 Å². The summed E-state index contributed by atoms with van der Waals surface area (Å²) in [6, 6.07) is 0. The Morgan fingerprint density at radius 2 is 1.96 bits per heavy atom. The Balaban J connectivity index is 1.42. The highest BCUT2D eigenvalue weighted by atomic mass is 32.1. The molecule has 2 aliphatic heterocycles. The highest BCUT2D eigenvalue weighted by molar-refractivity contribution is 7.13. The molecule has 7 nitrogen and oxygen atoms in total. The Bertz CT molecular complexity index is 577. The Hall–Kier alpha value is -1.67. The van der Waals surface area contributed by atoms with Crippen LogP contribution in [0.25, 0.3) is 0 Å². The van der Waals surface area contributed by atoms with Crippen LogP contribution >= 0.6 is 11.3 Å². The molecule has 2 fully saturated rings. The molecular weight excluding hydrogens is 326 g/mol. The number of thiazole rings is 1. The lowest BCUT2D eigenvalue weighted by Gasteiger charge is -2.30. The first-order chi connectivity index (χ1) is 11.6. The lowest BCUT2D eigenvalue weighted by atomic mass is 9.96.